The summed E-state index contributed by atoms with van der Waals surface area (Å²) in [5.41, 5.74) is 5.59. The van der Waals surface area contributed by atoms with Gasteiger partial charge in [-0.25, -0.2) is 18.6 Å². The zero-order chi connectivity index (χ0) is 29.6. The third-order valence-electron chi connectivity index (χ3n) is 6.34. The molecule has 220 valence electrons. The van der Waals surface area contributed by atoms with Crippen LogP contribution in [-0.2, 0) is 4.74 Å². The lowest BCUT2D eigenvalue weighted by Gasteiger charge is -2.34. The number of nitrogens with one attached hydrogen (secondary N) is 2. The molecule has 1 aromatic heterocycles. The smallest absolute Gasteiger partial charge is 0.410 e. The number of aromatic nitrogens is 1. The Morgan fingerprint density at radius 1 is 1.24 bits per heavy atom. The van der Waals surface area contributed by atoms with Gasteiger partial charge in [-0.1, -0.05) is 53.7 Å². The van der Waals surface area contributed by atoms with Crippen molar-refractivity contribution in [3.63, 3.8) is 0 Å². The van der Waals surface area contributed by atoms with Crippen LogP contribution in [0.15, 0.2) is 54.3 Å². The van der Waals surface area contributed by atoms with E-state index in [1.807, 2.05) is 39.0 Å². The lowest BCUT2D eigenvalue weighted by atomic mass is 9.99. The number of likely N-dealkylation sites (tertiary alicyclic amines) is 1. The minimum Gasteiger partial charge on any atom is -0.444 e. The predicted octanol–water partition coefficient (Wildman–Crippen LogP) is 6.30. The van der Waals surface area contributed by atoms with Crippen LogP contribution in [0.4, 0.5) is 24.5 Å². The van der Waals surface area contributed by atoms with E-state index in [9.17, 15) is 18.4 Å². The Morgan fingerprint density at radius 2 is 2.00 bits per heavy atom. The fraction of sp³-hybridized carbons (Fsp3) is 0.414. The van der Waals surface area contributed by atoms with E-state index in [-0.39, 0.29) is 22.0 Å². The average Bonchev–Trinajstić information content (AvgIpc) is 3.25. The largest absolute Gasteiger partial charge is 0.444 e. The standard InChI is InChI=1S/C29H35F2N5O3S2/c1-29(2,3)39-28(38)36-15-7-8-18(17-36)16-33-41-20-11-4-9-19(10-5-12-20)34-27-35-26(32)25(40-27)24(37)23-21(30)13-6-14-22(23)31/h4-6,9,11-14,18,20,33H,7-8,10,15-17,32H2,1-3H3,(H,34,35)/b11-4?,12-5-,19-9+. The molecule has 1 saturated heterocycles. The minimum atomic E-state index is -0.946. The second kappa shape index (κ2) is 13.6. The number of benzene rings is 1. The van der Waals surface area contributed by atoms with Gasteiger partial charge in [0, 0.05) is 31.8 Å². The molecule has 2 aromatic rings. The number of carbonyl (C=O) groups is 2. The minimum absolute atomic E-state index is 0.0243. The molecule has 0 spiro atoms. The van der Waals surface area contributed by atoms with Crippen molar-refractivity contribution in [1.29, 1.82) is 0 Å². The summed E-state index contributed by atoms with van der Waals surface area (Å²) >= 11 is 2.56. The van der Waals surface area contributed by atoms with Gasteiger partial charge in [0.2, 0.25) is 5.78 Å². The molecule has 1 aromatic carbocycles. The lowest BCUT2D eigenvalue weighted by molar-refractivity contribution is 0.0169. The molecule has 12 heteroatoms. The topological polar surface area (TPSA) is 110 Å². The van der Waals surface area contributed by atoms with Gasteiger partial charge in [0.15, 0.2) is 5.13 Å². The SMILES string of the molecule is CC(C)(C)OC(=O)N1CCCC(CNSC2C=C/C=C(/Nc3nc(N)c(C(=O)c4c(F)cccc4F)s3)C/C=C\2)C1. The van der Waals surface area contributed by atoms with Crippen molar-refractivity contribution >= 4 is 46.1 Å². The van der Waals surface area contributed by atoms with Crippen LogP contribution in [0.2, 0.25) is 0 Å². The van der Waals surface area contributed by atoms with Gasteiger partial charge >= 0.3 is 6.09 Å². The Kier molecular flexibility index (Phi) is 10.2. The van der Waals surface area contributed by atoms with Crippen molar-refractivity contribution in [2.45, 2.75) is 50.9 Å². The highest BCUT2D eigenvalue weighted by Crippen LogP contribution is 2.30. The van der Waals surface area contributed by atoms with Crippen molar-refractivity contribution < 1.29 is 23.1 Å². The van der Waals surface area contributed by atoms with Gasteiger partial charge in [0.1, 0.15) is 27.9 Å². The van der Waals surface area contributed by atoms with Crippen LogP contribution < -0.4 is 15.8 Å². The highest BCUT2D eigenvalue weighted by atomic mass is 32.2. The number of anilines is 2. The van der Waals surface area contributed by atoms with Crippen LogP contribution in [0.25, 0.3) is 0 Å². The second-order valence-corrected chi connectivity index (χ2v) is 12.9. The van der Waals surface area contributed by atoms with Crippen molar-refractivity contribution in [1.82, 2.24) is 14.6 Å². The number of rotatable bonds is 8. The first-order valence-electron chi connectivity index (χ1n) is 13.4. The maximum absolute atomic E-state index is 14.1. The van der Waals surface area contributed by atoms with E-state index < -0.39 is 28.6 Å². The van der Waals surface area contributed by atoms with Crippen LogP contribution in [0.3, 0.4) is 0 Å². The number of piperidine rings is 1. The Labute approximate surface area is 247 Å². The number of amides is 1. The highest BCUT2D eigenvalue weighted by Gasteiger charge is 2.28. The van der Waals surface area contributed by atoms with Gasteiger partial charge in [-0.15, -0.1) is 0 Å². The Morgan fingerprint density at radius 3 is 2.73 bits per heavy atom. The second-order valence-electron chi connectivity index (χ2n) is 10.9. The Bertz CT molecular complexity index is 1330. The maximum Gasteiger partial charge on any atom is 0.410 e. The van der Waals surface area contributed by atoms with Gasteiger partial charge in [0.05, 0.1) is 10.8 Å². The van der Waals surface area contributed by atoms with E-state index in [4.69, 9.17) is 10.5 Å². The summed E-state index contributed by atoms with van der Waals surface area (Å²) in [6, 6.07) is 3.26. The van der Waals surface area contributed by atoms with Crippen molar-refractivity contribution in [3.05, 3.63) is 76.4 Å². The average molecular weight is 604 g/mol. The normalized spacial score (nSPS) is 21.4. The van der Waals surface area contributed by atoms with Gasteiger partial charge in [-0.05, 0) is 57.7 Å². The molecule has 1 aliphatic heterocycles. The third kappa shape index (κ3) is 8.64. The zero-order valence-electron chi connectivity index (χ0n) is 23.3. The lowest BCUT2D eigenvalue weighted by Crippen LogP contribution is -2.44. The molecule has 1 amide bonds. The summed E-state index contributed by atoms with van der Waals surface area (Å²) in [5, 5.41) is 3.63. The molecule has 1 aliphatic carbocycles. The molecule has 2 unspecified atom stereocenters. The third-order valence-corrected chi connectivity index (χ3v) is 8.25. The molecule has 41 heavy (non-hydrogen) atoms. The van der Waals surface area contributed by atoms with Crippen LogP contribution in [0.5, 0.6) is 0 Å². The molecule has 2 atom stereocenters. The summed E-state index contributed by atoms with van der Waals surface area (Å²) < 4.78 is 37.2. The van der Waals surface area contributed by atoms with E-state index in [1.165, 1.54) is 6.07 Å². The maximum atomic E-state index is 14.1. The zero-order valence-corrected chi connectivity index (χ0v) is 24.9. The van der Waals surface area contributed by atoms with E-state index in [0.29, 0.717) is 24.0 Å². The predicted molar refractivity (Wildman–Crippen MR) is 161 cm³/mol. The number of carbonyl (C=O) groups excluding carboxylic acids is 2. The number of thiazole rings is 1. The van der Waals surface area contributed by atoms with E-state index >= 15 is 0 Å². The molecular weight excluding hydrogens is 568 g/mol. The molecule has 1 fully saturated rings. The summed E-state index contributed by atoms with van der Waals surface area (Å²) in [6.07, 6.45) is 12.4. The van der Waals surface area contributed by atoms with Gasteiger partial charge in [-0.3, -0.25) is 9.52 Å². The van der Waals surface area contributed by atoms with E-state index in [1.54, 1.807) is 16.8 Å². The number of nitrogen functional groups attached to an aromatic ring is 1. The number of nitrogens with zero attached hydrogens (tertiary/aromatic N) is 2. The molecule has 0 bridgehead atoms. The Hall–Kier alpha value is -3.22. The number of nitrogens with two attached hydrogens (primary N) is 1. The summed E-state index contributed by atoms with van der Waals surface area (Å²) in [4.78, 5) is 31.1. The van der Waals surface area contributed by atoms with Gasteiger partial charge in [-0.2, -0.15) is 0 Å². The summed E-state index contributed by atoms with van der Waals surface area (Å²) in [6.45, 7) is 7.82. The number of allylic oxidation sites excluding steroid dienone is 3. The quantitative estimate of drug-likeness (QED) is 0.183. The number of hydrogen-bond acceptors (Lipinski definition) is 9. The fourth-order valence-electron chi connectivity index (χ4n) is 4.41. The summed E-state index contributed by atoms with van der Waals surface area (Å²) in [5.74, 6) is -2.46. The van der Waals surface area contributed by atoms with Crippen molar-refractivity contribution in [3.8, 4) is 0 Å². The first-order valence-corrected chi connectivity index (χ1v) is 15.1. The molecule has 2 heterocycles. The molecule has 0 radical (unpaired) electrons. The molecule has 4 rings (SSSR count). The number of ether oxygens (including phenoxy) is 1. The molecule has 4 N–H and O–H groups in total. The Balaban J connectivity index is 1.28. The number of halogens is 2. The van der Waals surface area contributed by atoms with Crippen LogP contribution >= 0.6 is 23.3 Å². The van der Waals surface area contributed by atoms with E-state index in [0.717, 1.165) is 55.1 Å². The fourth-order valence-corrected chi connectivity index (χ4v) is 6.16. The molecule has 2 aliphatic rings. The molecular formula is C29H35F2N5O3S2. The van der Waals surface area contributed by atoms with Crippen LogP contribution in [0.1, 0.15) is 55.3 Å². The van der Waals surface area contributed by atoms with Crippen molar-refractivity contribution in [2.75, 3.05) is 30.7 Å². The van der Waals surface area contributed by atoms with Gasteiger partial charge in [0.25, 0.3) is 0 Å². The summed E-state index contributed by atoms with van der Waals surface area (Å²) in [7, 11) is 0. The van der Waals surface area contributed by atoms with Crippen molar-refractivity contribution in [2.24, 2.45) is 5.92 Å². The van der Waals surface area contributed by atoms with Crippen LogP contribution in [-0.4, -0.2) is 52.2 Å². The van der Waals surface area contributed by atoms with E-state index in [2.05, 4.69) is 27.2 Å². The van der Waals surface area contributed by atoms with Crippen LogP contribution in [0, 0.1) is 17.6 Å². The monoisotopic (exact) mass is 603 g/mol. The highest BCUT2D eigenvalue weighted by molar-refractivity contribution is 7.98. The molecule has 8 nitrogen and oxygen atoms in total. The number of ketones is 1. The first kappa shape index (κ1) is 30.7. The first-order chi connectivity index (χ1) is 19.5. The number of hydrogen-bond donors (Lipinski definition) is 3. The van der Waals surface area contributed by atoms with Gasteiger partial charge < -0.3 is 20.7 Å². The molecule has 0 saturated carbocycles.